The third kappa shape index (κ3) is 8.46. The number of aromatic amines is 1. The maximum Gasteiger partial charge on any atom is 0.264 e. The average Bonchev–Trinajstić information content (AvgIpc) is 3.86. The van der Waals surface area contributed by atoms with Gasteiger partial charge in [0.25, 0.3) is 5.91 Å². The summed E-state index contributed by atoms with van der Waals surface area (Å²) >= 11 is 0. The molecule has 0 aliphatic carbocycles. The molecule has 0 saturated carbocycles. The van der Waals surface area contributed by atoms with Crippen molar-refractivity contribution in [2.75, 3.05) is 23.4 Å². The minimum Gasteiger partial charge on any atom is -0.395 e. The number of aliphatic hydroxyl groups excluding tert-OH is 1. The summed E-state index contributed by atoms with van der Waals surface area (Å²) in [5.74, 6) is -1.45. The molecule has 2 aromatic heterocycles. The minimum absolute atomic E-state index is 0.0774. The van der Waals surface area contributed by atoms with E-state index in [9.17, 15) is 19.8 Å². The second kappa shape index (κ2) is 17.0. The Hall–Kier alpha value is -5.58. The van der Waals surface area contributed by atoms with Crippen LogP contribution in [0.25, 0.3) is 10.9 Å². The molecule has 1 unspecified atom stereocenters. The predicted molar refractivity (Wildman–Crippen MR) is 214 cm³/mol. The van der Waals surface area contributed by atoms with E-state index in [1.807, 2.05) is 92.1 Å². The smallest absolute Gasteiger partial charge is 0.264 e. The number of carbonyl (C=O) groups is 2. The number of rotatable bonds is 16. The number of aliphatic hydroxyl groups is 2. The Morgan fingerprint density at radius 3 is 2.57 bits per heavy atom. The Labute approximate surface area is 316 Å². The lowest BCUT2D eigenvalue weighted by Crippen LogP contribution is -2.44. The highest BCUT2D eigenvalue weighted by atomic mass is 16.3. The molecule has 10 heteroatoms. The van der Waals surface area contributed by atoms with Gasteiger partial charge in [-0.3, -0.25) is 14.3 Å². The number of nitrogens with zero attached hydrogens (tertiary/aromatic N) is 4. The lowest BCUT2D eigenvalue weighted by Gasteiger charge is -2.27. The first-order chi connectivity index (χ1) is 26.1. The normalized spacial score (nSPS) is 16.9. The summed E-state index contributed by atoms with van der Waals surface area (Å²) in [6.07, 6.45) is 14.3. The van der Waals surface area contributed by atoms with Gasteiger partial charge < -0.3 is 25.4 Å². The standard InChI is InChI=1S/C44H50N6O4/c1-30(2)13-12-14-31(3)22-24-50-41-21-20-35(46-42(52)25-34-27-45-39-19-9-8-18-36(34)39)26-38(41)44(54,43(50)53)32(4)15-10-11-23-49-28-40(47-48-49)37(29-51)33-16-6-5-7-17-33/h5-10,13,15-22,26-28,32,37,45,51,54H,11-12,14,23-25,29H2,1-4H3,(H,46,52)/b15-10+,31-22+/t32-,37?,44+/m0/s1. The second-order valence-electron chi connectivity index (χ2n) is 14.4. The van der Waals surface area contributed by atoms with E-state index in [0.717, 1.165) is 40.4 Å². The molecular formula is C44H50N6O4. The summed E-state index contributed by atoms with van der Waals surface area (Å²) in [5, 5.41) is 35.0. The van der Waals surface area contributed by atoms with Crippen LogP contribution in [0.4, 0.5) is 11.4 Å². The topological polar surface area (TPSA) is 136 Å². The molecule has 3 aromatic carbocycles. The number of benzene rings is 3. The number of amides is 2. The molecule has 3 heterocycles. The van der Waals surface area contributed by atoms with E-state index in [-0.39, 0.29) is 24.9 Å². The van der Waals surface area contributed by atoms with E-state index in [0.29, 0.717) is 42.1 Å². The first-order valence-corrected chi connectivity index (χ1v) is 18.6. The Morgan fingerprint density at radius 1 is 1.02 bits per heavy atom. The van der Waals surface area contributed by atoms with Crippen LogP contribution in [0.5, 0.6) is 0 Å². The molecule has 6 rings (SSSR count). The van der Waals surface area contributed by atoms with Crippen molar-refractivity contribution in [2.45, 2.75) is 71.4 Å². The summed E-state index contributed by atoms with van der Waals surface area (Å²) in [7, 11) is 0. The van der Waals surface area contributed by atoms with Gasteiger partial charge in [0.1, 0.15) is 0 Å². The van der Waals surface area contributed by atoms with Crippen LogP contribution >= 0.6 is 0 Å². The van der Waals surface area contributed by atoms with Crippen molar-refractivity contribution in [2.24, 2.45) is 5.92 Å². The number of aromatic nitrogens is 4. The Morgan fingerprint density at radius 2 is 1.80 bits per heavy atom. The molecule has 5 aromatic rings. The Balaban J connectivity index is 1.19. The molecule has 3 atom stereocenters. The van der Waals surface area contributed by atoms with Crippen LogP contribution < -0.4 is 10.2 Å². The van der Waals surface area contributed by atoms with Gasteiger partial charge in [0, 0.05) is 53.6 Å². The summed E-state index contributed by atoms with van der Waals surface area (Å²) < 4.78 is 1.74. The molecule has 1 aliphatic rings. The van der Waals surface area contributed by atoms with Crippen LogP contribution in [-0.2, 0) is 28.2 Å². The van der Waals surface area contributed by atoms with E-state index in [1.165, 1.54) is 5.57 Å². The van der Waals surface area contributed by atoms with Crippen LogP contribution in [0, 0.1) is 5.92 Å². The van der Waals surface area contributed by atoms with Crippen molar-refractivity contribution in [3.63, 3.8) is 0 Å². The first-order valence-electron chi connectivity index (χ1n) is 18.6. The van der Waals surface area contributed by atoms with Crippen molar-refractivity contribution in [3.8, 4) is 0 Å². The van der Waals surface area contributed by atoms with E-state index in [1.54, 1.807) is 21.7 Å². The van der Waals surface area contributed by atoms with Crippen LogP contribution in [0.1, 0.15) is 75.3 Å². The van der Waals surface area contributed by atoms with Gasteiger partial charge in [0.05, 0.1) is 30.3 Å². The van der Waals surface area contributed by atoms with Gasteiger partial charge in [0.2, 0.25) is 5.91 Å². The fourth-order valence-corrected chi connectivity index (χ4v) is 7.08. The molecule has 2 amide bonds. The van der Waals surface area contributed by atoms with Crippen LogP contribution in [0.15, 0.2) is 121 Å². The van der Waals surface area contributed by atoms with E-state index in [2.05, 4.69) is 53.5 Å². The lowest BCUT2D eigenvalue weighted by molar-refractivity contribution is -0.139. The Bertz CT molecular complexity index is 2180. The molecule has 280 valence electrons. The van der Waals surface area contributed by atoms with Gasteiger partial charge in [-0.05, 0) is 75.4 Å². The van der Waals surface area contributed by atoms with Gasteiger partial charge in [-0.1, -0.05) is 96.1 Å². The largest absolute Gasteiger partial charge is 0.395 e. The highest BCUT2D eigenvalue weighted by Gasteiger charge is 2.52. The zero-order chi connectivity index (χ0) is 38.2. The average molecular weight is 727 g/mol. The molecule has 0 spiro atoms. The van der Waals surface area contributed by atoms with Crippen LogP contribution in [0.2, 0.25) is 0 Å². The quantitative estimate of drug-likeness (QED) is 0.0775. The molecule has 0 saturated heterocycles. The van der Waals surface area contributed by atoms with Crippen molar-refractivity contribution < 1.29 is 19.8 Å². The van der Waals surface area contributed by atoms with E-state index < -0.39 is 17.4 Å². The Kier molecular flexibility index (Phi) is 12.0. The molecule has 4 N–H and O–H groups in total. The fourth-order valence-electron chi connectivity index (χ4n) is 7.08. The van der Waals surface area contributed by atoms with Gasteiger partial charge >= 0.3 is 0 Å². The van der Waals surface area contributed by atoms with Crippen molar-refractivity contribution in [3.05, 3.63) is 143 Å². The van der Waals surface area contributed by atoms with Gasteiger partial charge in [-0.25, -0.2) is 0 Å². The monoisotopic (exact) mass is 726 g/mol. The zero-order valence-electron chi connectivity index (χ0n) is 31.5. The first kappa shape index (κ1) is 38.2. The van der Waals surface area contributed by atoms with Crippen molar-refractivity contribution in [1.82, 2.24) is 20.0 Å². The number of hydrogen-bond donors (Lipinski definition) is 4. The van der Waals surface area contributed by atoms with E-state index >= 15 is 0 Å². The molecule has 0 fully saturated rings. The maximum atomic E-state index is 14.2. The molecule has 1 aliphatic heterocycles. The zero-order valence-corrected chi connectivity index (χ0v) is 31.5. The number of nitrogens with one attached hydrogen (secondary N) is 2. The molecule has 54 heavy (non-hydrogen) atoms. The third-order valence-electron chi connectivity index (χ3n) is 10.2. The SMILES string of the molecule is CC(C)=CCC/C(C)=C/CN1C(=O)[C@@](O)([C@@H](C)/C=C/CCn2cc(C(CO)c3ccccc3)nn2)c2cc(NC(=O)Cc3c[nH]c4ccccc34)ccc21. The summed E-state index contributed by atoms with van der Waals surface area (Å²) in [4.78, 5) is 32.4. The van der Waals surface area contributed by atoms with Crippen molar-refractivity contribution in [1.29, 1.82) is 0 Å². The highest BCUT2D eigenvalue weighted by Crippen LogP contribution is 2.46. The van der Waals surface area contributed by atoms with Gasteiger partial charge in [-0.2, -0.15) is 0 Å². The van der Waals surface area contributed by atoms with Crippen LogP contribution in [0.3, 0.4) is 0 Å². The number of fused-ring (bicyclic) bond motifs is 2. The van der Waals surface area contributed by atoms with Gasteiger partial charge in [-0.15, -0.1) is 5.10 Å². The molecular weight excluding hydrogens is 677 g/mol. The fraction of sp³-hybridized carbons (Fsp3) is 0.318. The number of hydrogen-bond acceptors (Lipinski definition) is 6. The maximum absolute atomic E-state index is 14.2. The molecule has 10 nitrogen and oxygen atoms in total. The summed E-state index contributed by atoms with van der Waals surface area (Å²) in [6.45, 7) is 8.84. The highest BCUT2D eigenvalue weighted by molar-refractivity contribution is 6.08. The summed E-state index contributed by atoms with van der Waals surface area (Å²) in [6, 6.07) is 22.9. The predicted octanol–water partition coefficient (Wildman–Crippen LogP) is 7.57. The minimum atomic E-state index is -1.85. The number of H-pyrrole nitrogens is 1. The number of allylic oxidation sites excluding steroid dienone is 4. The van der Waals surface area contributed by atoms with E-state index in [4.69, 9.17) is 0 Å². The number of carbonyl (C=O) groups excluding carboxylic acids is 2. The summed E-state index contributed by atoms with van der Waals surface area (Å²) in [5.41, 5.74) is 5.69. The van der Waals surface area contributed by atoms with Gasteiger partial charge in [0.15, 0.2) is 5.60 Å². The van der Waals surface area contributed by atoms with Crippen molar-refractivity contribution >= 4 is 34.1 Å². The second-order valence-corrected chi connectivity index (χ2v) is 14.4. The number of para-hydroxylation sites is 1. The molecule has 0 radical (unpaired) electrons. The number of aryl methyl sites for hydroxylation is 1. The lowest BCUT2D eigenvalue weighted by atomic mass is 9.82. The van der Waals surface area contributed by atoms with Crippen LogP contribution in [-0.4, -0.2) is 55.2 Å². The molecule has 0 bridgehead atoms. The third-order valence-corrected chi connectivity index (χ3v) is 10.2. The number of anilines is 2.